The summed E-state index contributed by atoms with van der Waals surface area (Å²) in [4.78, 5) is 36.0. The number of nitrogens with one attached hydrogen (secondary N) is 1. The number of hydrogen-bond acceptors (Lipinski definition) is 6. The SMILES string of the molecule is Cl.Cn1c(=O)c2ccccc2n(CCCNCC(O)c2ccc(O)c(C(N)=O)c2)c1=O. The van der Waals surface area contributed by atoms with Gasteiger partial charge in [0, 0.05) is 20.1 Å². The third-order valence-electron chi connectivity index (χ3n) is 4.99. The summed E-state index contributed by atoms with van der Waals surface area (Å²) < 4.78 is 2.66. The van der Waals surface area contributed by atoms with Gasteiger partial charge >= 0.3 is 5.69 Å². The van der Waals surface area contributed by atoms with E-state index in [1.165, 1.54) is 25.2 Å². The van der Waals surface area contributed by atoms with Crippen LogP contribution < -0.4 is 22.3 Å². The topological polar surface area (TPSA) is 140 Å². The molecule has 0 bridgehead atoms. The lowest BCUT2D eigenvalue weighted by Crippen LogP contribution is -2.38. The number of benzene rings is 2. The number of halogens is 1. The first-order valence-electron chi connectivity index (χ1n) is 9.51. The summed E-state index contributed by atoms with van der Waals surface area (Å²) in [6, 6.07) is 11.2. The third kappa shape index (κ3) is 5.13. The highest BCUT2D eigenvalue weighted by Gasteiger charge is 2.14. The van der Waals surface area contributed by atoms with E-state index in [0.717, 1.165) is 4.57 Å². The number of hydrogen-bond donors (Lipinski definition) is 4. The van der Waals surface area contributed by atoms with Crippen molar-refractivity contribution in [3.63, 3.8) is 0 Å². The van der Waals surface area contributed by atoms with Crippen LogP contribution in [-0.2, 0) is 13.6 Å². The van der Waals surface area contributed by atoms with Crippen LogP contribution in [0.3, 0.4) is 0 Å². The van der Waals surface area contributed by atoms with Gasteiger partial charge in [-0.1, -0.05) is 18.2 Å². The molecule has 1 unspecified atom stereocenters. The number of nitrogens with zero attached hydrogens (tertiary/aromatic N) is 2. The molecule has 0 radical (unpaired) electrons. The number of primary amides is 1. The molecule has 9 nitrogen and oxygen atoms in total. The first-order valence-corrected chi connectivity index (χ1v) is 9.51. The number of aromatic nitrogens is 2. The Hall–Kier alpha value is -3.14. The summed E-state index contributed by atoms with van der Waals surface area (Å²) in [5.41, 5.74) is 5.51. The van der Waals surface area contributed by atoms with Gasteiger partial charge in [0.2, 0.25) is 0 Å². The number of aromatic hydroxyl groups is 1. The van der Waals surface area contributed by atoms with E-state index < -0.39 is 12.0 Å². The average Bonchev–Trinajstić information content (AvgIpc) is 2.74. The molecule has 3 aromatic rings. The van der Waals surface area contributed by atoms with E-state index in [1.807, 2.05) is 0 Å². The molecule has 31 heavy (non-hydrogen) atoms. The number of phenols is 1. The van der Waals surface area contributed by atoms with Crippen LogP contribution in [-0.4, -0.2) is 38.3 Å². The van der Waals surface area contributed by atoms with Crippen molar-refractivity contribution in [2.45, 2.75) is 19.1 Å². The van der Waals surface area contributed by atoms with Crippen LogP contribution in [0.15, 0.2) is 52.1 Å². The Bertz CT molecular complexity index is 1200. The van der Waals surface area contributed by atoms with E-state index in [-0.39, 0.29) is 41.5 Å². The quantitative estimate of drug-likeness (QED) is 0.373. The fourth-order valence-electron chi connectivity index (χ4n) is 3.33. The lowest BCUT2D eigenvalue weighted by Gasteiger charge is -2.15. The lowest BCUT2D eigenvalue weighted by atomic mass is 10.0. The van der Waals surface area contributed by atoms with E-state index in [1.54, 1.807) is 28.8 Å². The van der Waals surface area contributed by atoms with Gasteiger partial charge in [-0.25, -0.2) is 4.79 Å². The zero-order chi connectivity index (χ0) is 21.8. The zero-order valence-electron chi connectivity index (χ0n) is 16.9. The third-order valence-corrected chi connectivity index (χ3v) is 4.99. The molecule has 1 atom stereocenters. The summed E-state index contributed by atoms with van der Waals surface area (Å²) in [5.74, 6) is -1.01. The normalized spacial score (nSPS) is 11.8. The van der Waals surface area contributed by atoms with E-state index in [0.29, 0.717) is 36.0 Å². The molecule has 1 heterocycles. The number of carbonyl (C=O) groups excluding carboxylic acids is 1. The Kier molecular flexibility index (Phi) is 7.98. The summed E-state index contributed by atoms with van der Waals surface area (Å²) >= 11 is 0. The smallest absolute Gasteiger partial charge is 0.331 e. The van der Waals surface area contributed by atoms with Crippen molar-refractivity contribution in [3.05, 3.63) is 74.4 Å². The summed E-state index contributed by atoms with van der Waals surface area (Å²) in [5, 5.41) is 23.5. The minimum Gasteiger partial charge on any atom is -0.507 e. The predicted molar refractivity (Wildman–Crippen MR) is 120 cm³/mol. The molecule has 166 valence electrons. The summed E-state index contributed by atoms with van der Waals surface area (Å²) in [6.07, 6.45) is -0.304. The van der Waals surface area contributed by atoms with Crippen LogP contribution in [0.4, 0.5) is 0 Å². The fourth-order valence-corrected chi connectivity index (χ4v) is 3.33. The van der Waals surface area contributed by atoms with Crippen molar-refractivity contribution in [2.75, 3.05) is 13.1 Å². The predicted octanol–water partition coefficient (Wildman–Crippen LogP) is 0.640. The summed E-state index contributed by atoms with van der Waals surface area (Å²) in [7, 11) is 1.46. The molecule has 0 aliphatic rings. The average molecular weight is 449 g/mol. The van der Waals surface area contributed by atoms with E-state index in [2.05, 4.69) is 5.32 Å². The maximum absolute atomic E-state index is 12.5. The van der Waals surface area contributed by atoms with Crippen LogP contribution in [0.25, 0.3) is 10.9 Å². The van der Waals surface area contributed by atoms with Crippen molar-refractivity contribution in [1.29, 1.82) is 0 Å². The minimum absolute atomic E-state index is 0. The van der Waals surface area contributed by atoms with Crippen molar-refractivity contribution in [1.82, 2.24) is 14.5 Å². The van der Waals surface area contributed by atoms with Crippen LogP contribution in [0.2, 0.25) is 0 Å². The second-order valence-corrected chi connectivity index (χ2v) is 7.03. The largest absolute Gasteiger partial charge is 0.507 e. The molecule has 3 rings (SSSR count). The molecule has 10 heteroatoms. The van der Waals surface area contributed by atoms with Crippen LogP contribution in [0.1, 0.15) is 28.4 Å². The standard InChI is InChI=1S/C21H24N4O5.ClH/c1-24-20(29)14-5-2-3-6-16(14)25(21(24)30)10-4-9-23-12-18(27)13-7-8-17(26)15(11-13)19(22)28;/h2-3,5-8,11,18,23,26-27H,4,9-10,12H2,1H3,(H2,22,28);1H. The molecule has 0 spiro atoms. The Labute approximate surface area is 184 Å². The number of carbonyl (C=O) groups is 1. The van der Waals surface area contributed by atoms with Gasteiger partial charge in [-0.05, 0) is 42.8 Å². The highest BCUT2D eigenvalue weighted by Crippen LogP contribution is 2.21. The first kappa shape index (κ1) is 24.1. The highest BCUT2D eigenvalue weighted by atomic mass is 35.5. The molecule has 1 aromatic heterocycles. The molecule has 0 aliphatic heterocycles. The molecular formula is C21H25ClN4O5. The van der Waals surface area contributed by atoms with Gasteiger partial charge in [-0.3, -0.25) is 18.7 Å². The monoisotopic (exact) mass is 448 g/mol. The van der Waals surface area contributed by atoms with Crippen molar-refractivity contribution in [2.24, 2.45) is 12.8 Å². The van der Waals surface area contributed by atoms with Crippen molar-refractivity contribution < 1.29 is 15.0 Å². The van der Waals surface area contributed by atoms with Crippen LogP contribution in [0, 0.1) is 0 Å². The van der Waals surface area contributed by atoms with Crippen molar-refractivity contribution >= 4 is 29.2 Å². The number of rotatable bonds is 8. The Morgan fingerprint density at radius 3 is 2.61 bits per heavy atom. The second-order valence-electron chi connectivity index (χ2n) is 7.03. The molecule has 1 amide bonds. The molecule has 0 saturated carbocycles. The fraction of sp³-hybridized carbons (Fsp3) is 0.286. The van der Waals surface area contributed by atoms with Gasteiger partial charge in [0.25, 0.3) is 11.5 Å². The van der Waals surface area contributed by atoms with E-state index in [9.17, 15) is 24.6 Å². The van der Waals surface area contributed by atoms with Gasteiger partial charge in [-0.2, -0.15) is 0 Å². The zero-order valence-corrected chi connectivity index (χ0v) is 17.8. The molecule has 0 fully saturated rings. The number of amides is 1. The van der Waals surface area contributed by atoms with Gasteiger partial charge in [0.15, 0.2) is 0 Å². The van der Waals surface area contributed by atoms with Gasteiger partial charge in [-0.15, -0.1) is 12.4 Å². The maximum Gasteiger partial charge on any atom is 0.331 e. The molecular weight excluding hydrogens is 424 g/mol. The van der Waals surface area contributed by atoms with Gasteiger partial charge < -0.3 is 21.3 Å². The number of aliphatic hydroxyl groups is 1. The first-order chi connectivity index (χ1) is 14.3. The highest BCUT2D eigenvalue weighted by molar-refractivity contribution is 5.95. The van der Waals surface area contributed by atoms with E-state index in [4.69, 9.17) is 5.73 Å². The molecule has 0 saturated heterocycles. The van der Waals surface area contributed by atoms with Crippen LogP contribution >= 0.6 is 12.4 Å². The maximum atomic E-state index is 12.5. The number of para-hydroxylation sites is 1. The minimum atomic E-state index is -0.898. The Morgan fingerprint density at radius 1 is 1.19 bits per heavy atom. The second kappa shape index (κ2) is 10.3. The van der Waals surface area contributed by atoms with Gasteiger partial charge in [0.05, 0.1) is 22.6 Å². The Balaban J connectivity index is 0.00000341. The van der Waals surface area contributed by atoms with Crippen LogP contribution in [0.5, 0.6) is 5.75 Å². The number of aliphatic hydroxyl groups excluding tert-OH is 1. The van der Waals surface area contributed by atoms with E-state index >= 15 is 0 Å². The number of aryl methyl sites for hydroxylation is 1. The number of fused-ring (bicyclic) bond motifs is 1. The number of nitrogens with two attached hydrogens (primary N) is 1. The van der Waals surface area contributed by atoms with Crippen molar-refractivity contribution in [3.8, 4) is 5.75 Å². The molecule has 5 N–H and O–H groups in total. The summed E-state index contributed by atoms with van der Waals surface area (Å²) in [6.45, 7) is 1.13. The Morgan fingerprint density at radius 2 is 1.90 bits per heavy atom. The lowest BCUT2D eigenvalue weighted by molar-refractivity contribution is 0.0997. The van der Waals surface area contributed by atoms with Gasteiger partial charge in [0.1, 0.15) is 5.75 Å². The molecule has 2 aromatic carbocycles. The molecule has 0 aliphatic carbocycles.